The van der Waals surface area contributed by atoms with Crippen molar-refractivity contribution in [2.24, 2.45) is 0 Å². The molecule has 0 aliphatic heterocycles. The summed E-state index contributed by atoms with van der Waals surface area (Å²) in [5.74, 6) is -0.513. The molecule has 0 aliphatic rings. The van der Waals surface area contributed by atoms with Gasteiger partial charge in [0.2, 0.25) is 0 Å². The molecule has 0 aliphatic carbocycles. The van der Waals surface area contributed by atoms with Crippen LogP contribution in [0, 0.1) is 0 Å². The molecule has 1 N–H and O–H groups in total. The first-order chi connectivity index (χ1) is 8.31. The third kappa shape index (κ3) is 16.1. The summed E-state index contributed by atoms with van der Waals surface area (Å²) < 4.78 is 0. The SMILES string of the molecule is CCCCCCCCCCCCCC(=O)OO.[Ti]. The molecule has 3 nitrogen and oxygen atoms in total. The van der Waals surface area contributed by atoms with Crippen molar-refractivity contribution in [3.63, 3.8) is 0 Å². The second-order valence-corrected chi connectivity index (χ2v) is 4.75. The first-order valence-electron chi connectivity index (χ1n) is 7.15. The van der Waals surface area contributed by atoms with E-state index >= 15 is 0 Å². The van der Waals surface area contributed by atoms with Gasteiger partial charge in [-0.3, -0.25) is 0 Å². The maximum atomic E-state index is 10.6. The van der Waals surface area contributed by atoms with Gasteiger partial charge in [-0.15, -0.1) is 0 Å². The Hall–Kier alpha value is 0.144. The average Bonchev–Trinajstić information content (AvgIpc) is 2.35. The zero-order valence-corrected chi connectivity index (χ0v) is 13.3. The van der Waals surface area contributed by atoms with E-state index in [1.54, 1.807) is 0 Å². The summed E-state index contributed by atoms with van der Waals surface area (Å²) in [6, 6.07) is 0. The molecule has 18 heavy (non-hydrogen) atoms. The predicted molar refractivity (Wildman–Crippen MR) is 69.8 cm³/mol. The Morgan fingerprint density at radius 3 is 1.61 bits per heavy atom. The fraction of sp³-hybridized carbons (Fsp3) is 0.929. The molecule has 0 fully saturated rings. The summed E-state index contributed by atoms with van der Waals surface area (Å²) >= 11 is 0. The van der Waals surface area contributed by atoms with Gasteiger partial charge in [-0.2, -0.15) is 5.26 Å². The summed E-state index contributed by atoms with van der Waals surface area (Å²) in [5, 5.41) is 8.05. The zero-order chi connectivity index (χ0) is 12.8. The largest absolute Gasteiger partial charge is 0.342 e. The Kier molecular flexibility index (Phi) is 19.5. The molecule has 4 heteroatoms. The minimum atomic E-state index is -0.513. The second-order valence-electron chi connectivity index (χ2n) is 4.75. The second kappa shape index (κ2) is 17.1. The van der Waals surface area contributed by atoms with Gasteiger partial charge in [0, 0.05) is 28.1 Å². The van der Waals surface area contributed by atoms with E-state index in [-0.39, 0.29) is 21.7 Å². The van der Waals surface area contributed by atoms with Gasteiger partial charge in [0.05, 0.1) is 0 Å². The summed E-state index contributed by atoms with van der Waals surface area (Å²) in [6.45, 7) is 2.24. The summed E-state index contributed by atoms with van der Waals surface area (Å²) in [4.78, 5) is 14.2. The molecule has 0 unspecified atom stereocenters. The van der Waals surface area contributed by atoms with Gasteiger partial charge in [0.25, 0.3) is 0 Å². The number of hydrogen-bond donors (Lipinski definition) is 1. The van der Waals surface area contributed by atoms with Gasteiger partial charge in [0.15, 0.2) is 0 Å². The van der Waals surface area contributed by atoms with Crippen LogP contribution in [0.4, 0.5) is 0 Å². The average molecular weight is 292 g/mol. The number of carbonyl (C=O) groups excluding carboxylic acids is 1. The summed E-state index contributed by atoms with van der Waals surface area (Å²) in [7, 11) is 0. The zero-order valence-electron chi connectivity index (χ0n) is 11.7. The van der Waals surface area contributed by atoms with Crippen LogP contribution in [0.5, 0.6) is 0 Å². The summed E-state index contributed by atoms with van der Waals surface area (Å²) in [6.07, 6.45) is 14.2. The molecule has 0 amide bonds. The molecule has 0 aromatic carbocycles. The molecule has 0 rings (SSSR count). The Bertz CT molecular complexity index is 174. The van der Waals surface area contributed by atoms with E-state index in [9.17, 15) is 4.79 Å². The fourth-order valence-corrected chi connectivity index (χ4v) is 1.98. The van der Waals surface area contributed by atoms with Crippen LogP contribution in [0.15, 0.2) is 0 Å². The van der Waals surface area contributed by atoms with Crippen molar-refractivity contribution in [1.29, 1.82) is 0 Å². The smallest absolute Gasteiger partial charge is 0.301 e. The number of rotatable bonds is 12. The van der Waals surface area contributed by atoms with E-state index in [1.165, 1.54) is 57.8 Å². The first-order valence-corrected chi connectivity index (χ1v) is 7.15. The quantitative estimate of drug-likeness (QED) is 0.245. The molecule has 0 aromatic heterocycles. The third-order valence-corrected chi connectivity index (χ3v) is 3.09. The van der Waals surface area contributed by atoms with E-state index in [2.05, 4.69) is 11.8 Å². The Morgan fingerprint density at radius 2 is 1.22 bits per heavy atom. The van der Waals surface area contributed by atoms with Crippen molar-refractivity contribution < 1.29 is 36.7 Å². The van der Waals surface area contributed by atoms with Crippen molar-refractivity contribution in [2.75, 3.05) is 0 Å². The molecule has 0 saturated heterocycles. The van der Waals surface area contributed by atoms with Crippen LogP contribution in [0.2, 0.25) is 0 Å². The minimum Gasteiger partial charge on any atom is -0.301 e. The van der Waals surface area contributed by atoms with E-state index in [4.69, 9.17) is 5.26 Å². The monoisotopic (exact) mass is 292 g/mol. The van der Waals surface area contributed by atoms with Crippen molar-refractivity contribution in [2.45, 2.75) is 84.0 Å². The van der Waals surface area contributed by atoms with Gasteiger partial charge >= 0.3 is 5.97 Å². The predicted octanol–water partition coefficient (Wildman–Crippen LogP) is 4.70. The van der Waals surface area contributed by atoms with Crippen LogP contribution in [0.25, 0.3) is 0 Å². The first kappa shape index (κ1) is 20.5. The molecule has 0 aromatic rings. The van der Waals surface area contributed by atoms with Crippen LogP contribution in [0.3, 0.4) is 0 Å². The standard InChI is InChI=1S/C14H28O3.Ti/c1-2-3-4-5-6-7-8-9-10-11-12-13-14(15)17-16;/h16H,2-13H2,1H3;. The Balaban J connectivity index is 0. The molecule has 0 spiro atoms. The van der Waals surface area contributed by atoms with Crippen molar-refractivity contribution >= 4 is 5.97 Å². The van der Waals surface area contributed by atoms with Crippen molar-refractivity contribution in [3.8, 4) is 0 Å². The minimum absolute atomic E-state index is 0. The van der Waals surface area contributed by atoms with Crippen LogP contribution in [-0.2, 0) is 31.4 Å². The number of hydrogen-bond acceptors (Lipinski definition) is 3. The normalized spacial score (nSPS) is 9.89. The van der Waals surface area contributed by atoms with Crippen molar-refractivity contribution in [3.05, 3.63) is 0 Å². The maximum Gasteiger partial charge on any atom is 0.342 e. The van der Waals surface area contributed by atoms with Crippen LogP contribution < -0.4 is 0 Å². The molecule has 0 heterocycles. The molecular formula is C14H28O3Ti. The van der Waals surface area contributed by atoms with Gasteiger partial charge in [-0.1, -0.05) is 71.1 Å². The number of unbranched alkanes of at least 4 members (excludes halogenated alkanes) is 10. The Labute approximate surface area is 126 Å². The molecular weight excluding hydrogens is 264 g/mol. The van der Waals surface area contributed by atoms with E-state index in [0.717, 1.165) is 12.8 Å². The molecule has 106 valence electrons. The van der Waals surface area contributed by atoms with Crippen LogP contribution in [0.1, 0.15) is 84.0 Å². The maximum absolute atomic E-state index is 10.6. The molecule has 0 atom stereocenters. The van der Waals surface area contributed by atoms with Gasteiger partial charge in [-0.05, 0) is 6.42 Å². The van der Waals surface area contributed by atoms with Gasteiger partial charge in [0.1, 0.15) is 0 Å². The van der Waals surface area contributed by atoms with Gasteiger partial charge < -0.3 is 4.89 Å². The summed E-state index contributed by atoms with van der Waals surface area (Å²) in [5.41, 5.74) is 0. The molecule has 0 bridgehead atoms. The van der Waals surface area contributed by atoms with E-state index in [1.807, 2.05) is 0 Å². The Morgan fingerprint density at radius 1 is 0.833 bits per heavy atom. The fourth-order valence-electron chi connectivity index (χ4n) is 1.98. The molecule has 0 saturated carbocycles. The number of carbonyl (C=O) groups is 1. The van der Waals surface area contributed by atoms with E-state index in [0.29, 0.717) is 6.42 Å². The topological polar surface area (TPSA) is 46.5 Å². The van der Waals surface area contributed by atoms with Crippen LogP contribution in [-0.4, -0.2) is 11.2 Å². The van der Waals surface area contributed by atoms with Crippen molar-refractivity contribution in [1.82, 2.24) is 0 Å². The molecule has 0 radical (unpaired) electrons. The van der Waals surface area contributed by atoms with Crippen LogP contribution >= 0.6 is 0 Å². The van der Waals surface area contributed by atoms with E-state index < -0.39 is 5.97 Å². The third-order valence-electron chi connectivity index (χ3n) is 3.09. The van der Waals surface area contributed by atoms with Gasteiger partial charge in [-0.25, -0.2) is 4.79 Å².